The van der Waals surface area contributed by atoms with Crippen molar-refractivity contribution in [3.63, 3.8) is 0 Å². The number of carbonyl (C=O) groups is 1. The first-order valence-electron chi connectivity index (χ1n) is 12.2. The molecule has 8 heteroatoms. The Morgan fingerprint density at radius 2 is 2.08 bits per heavy atom. The minimum atomic E-state index is -1.22. The van der Waals surface area contributed by atoms with Crippen molar-refractivity contribution in [1.29, 1.82) is 0 Å². The molecule has 6 nitrogen and oxygen atoms in total. The number of carboxylic acid groups (broad SMARTS) is 1. The van der Waals surface area contributed by atoms with Gasteiger partial charge < -0.3 is 14.6 Å². The van der Waals surface area contributed by atoms with Gasteiger partial charge in [0, 0.05) is 23.2 Å². The number of pyridine rings is 1. The molecule has 1 aliphatic heterocycles. The lowest BCUT2D eigenvalue weighted by Crippen LogP contribution is -2.44. The number of hydrogen-bond donors (Lipinski definition) is 1. The molecule has 37 heavy (non-hydrogen) atoms. The van der Waals surface area contributed by atoms with Crippen LogP contribution in [0.5, 0.6) is 11.5 Å². The van der Waals surface area contributed by atoms with Gasteiger partial charge in [0.25, 0.3) is 0 Å². The van der Waals surface area contributed by atoms with Gasteiger partial charge in [0.05, 0.1) is 37.8 Å². The fraction of sp³-hybridized carbons (Fsp3) is 0.379. The number of piperidine rings is 1. The topological polar surface area (TPSA) is 71.9 Å². The molecule has 0 aliphatic carbocycles. The zero-order valence-corrected chi connectivity index (χ0v) is 21.7. The highest BCUT2D eigenvalue weighted by Gasteiger charge is 2.34. The molecule has 1 saturated heterocycles. The van der Waals surface area contributed by atoms with Gasteiger partial charge >= 0.3 is 5.97 Å². The van der Waals surface area contributed by atoms with E-state index in [2.05, 4.69) is 16.8 Å². The van der Waals surface area contributed by atoms with E-state index in [9.17, 15) is 9.90 Å². The molecular formula is C29H30ClFN2O4. The van der Waals surface area contributed by atoms with Gasteiger partial charge in [-0.05, 0) is 79.8 Å². The predicted molar refractivity (Wildman–Crippen MR) is 142 cm³/mol. The number of ether oxygens (including phenoxy) is 2. The van der Waals surface area contributed by atoms with E-state index in [4.69, 9.17) is 21.1 Å². The number of benzene rings is 2. The van der Waals surface area contributed by atoms with Crippen molar-refractivity contribution in [3.05, 3.63) is 64.8 Å². The molecule has 0 radical (unpaired) electrons. The third kappa shape index (κ3) is 6.51. The van der Waals surface area contributed by atoms with Crippen molar-refractivity contribution in [1.82, 2.24) is 9.88 Å². The molecule has 0 spiro atoms. The van der Waals surface area contributed by atoms with Crippen molar-refractivity contribution in [2.75, 3.05) is 33.9 Å². The van der Waals surface area contributed by atoms with Crippen LogP contribution in [0.25, 0.3) is 10.9 Å². The van der Waals surface area contributed by atoms with Gasteiger partial charge in [-0.15, -0.1) is 0 Å². The first-order valence-corrected chi connectivity index (χ1v) is 12.6. The summed E-state index contributed by atoms with van der Waals surface area (Å²) in [5.74, 6) is 5.95. The maximum absolute atomic E-state index is 15.4. The number of aromatic nitrogens is 1. The van der Waals surface area contributed by atoms with Crippen LogP contribution < -0.4 is 9.47 Å². The standard InChI is InChI=1S/C29H30ClFN2O4/c1-36-22-7-9-27-24(17-22)23(11-13-32-27)26(31)8-5-19-12-15-33(18-25(19)29(34)35)14-3-4-20-16-21(30)6-10-28(20)37-2/h6-7,9-11,13,16-17,19,25-26H,5,8,12,14-15,18H2,1-2H3,(H,34,35)/t19-,25+,26?/m1/s1. The first-order chi connectivity index (χ1) is 17.9. The van der Waals surface area contributed by atoms with E-state index in [1.54, 1.807) is 56.8 Å². The lowest BCUT2D eigenvalue weighted by molar-refractivity contribution is -0.146. The second-order valence-electron chi connectivity index (χ2n) is 9.20. The highest BCUT2D eigenvalue weighted by Crippen LogP contribution is 2.35. The van der Waals surface area contributed by atoms with Gasteiger partial charge in [0.15, 0.2) is 0 Å². The first kappa shape index (κ1) is 26.7. The van der Waals surface area contributed by atoms with Crippen molar-refractivity contribution in [2.45, 2.75) is 25.4 Å². The quantitative estimate of drug-likeness (QED) is 0.377. The Hall–Kier alpha value is -3.34. The van der Waals surface area contributed by atoms with E-state index in [0.717, 1.165) is 0 Å². The summed E-state index contributed by atoms with van der Waals surface area (Å²) in [6, 6.07) is 12.3. The van der Waals surface area contributed by atoms with Gasteiger partial charge in [-0.3, -0.25) is 14.7 Å². The summed E-state index contributed by atoms with van der Waals surface area (Å²) >= 11 is 6.07. The third-order valence-electron chi connectivity index (χ3n) is 6.96. The molecule has 3 aromatic rings. The minimum Gasteiger partial charge on any atom is -0.497 e. The van der Waals surface area contributed by atoms with E-state index in [1.165, 1.54) is 0 Å². The molecule has 0 saturated carbocycles. The molecule has 2 aromatic carbocycles. The molecule has 1 aliphatic rings. The predicted octanol–water partition coefficient (Wildman–Crippen LogP) is 5.77. The number of nitrogens with zero attached hydrogens (tertiary/aromatic N) is 2. The minimum absolute atomic E-state index is 0.101. The normalized spacial score (nSPS) is 18.6. The summed E-state index contributed by atoms with van der Waals surface area (Å²) in [6.07, 6.45) is 1.81. The Morgan fingerprint density at radius 3 is 2.84 bits per heavy atom. The molecule has 194 valence electrons. The fourth-order valence-corrected chi connectivity index (χ4v) is 5.10. The molecule has 1 fully saturated rings. The van der Waals surface area contributed by atoms with Crippen molar-refractivity contribution >= 4 is 28.5 Å². The average Bonchev–Trinajstić information content (AvgIpc) is 2.91. The molecular weight excluding hydrogens is 495 g/mol. The van der Waals surface area contributed by atoms with Crippen molar-refractivity contribution < 1.29 is 23.8 Å². The Labute approximate surface area is 221 Å². The number of hydrogen-bond acceptors (Lipinski definition) is 5. The number of alkyl halides is 1. The molecule has 0 amide bonds. The van der Waals surface area contributed by atoms with Gasteiger partial charge in [0.2, 0.25) is 0 Å². The van der Waals surface area contributed by atoms with E-state index >= 15 is 4.39 Å². The van der Waals surface area contributed by atoms with Crippen molar-refractivity contribution in [3.8, 4) is 23.3 Å². The summed E-state index contributed by atoms with van der Waals surface area (Å²) in [5, 5.41) is 11.2. The molecule has 0 bridgehead atoms. The summed E-state index contributed by atoms with van der Waals surface area (Å²) in [4.78, 5) is 18.4. The van der Waals surface area contributed by atoms with Crippen LogP contribution in [0.2, 0.25) is 5.02 Å². The van der Waals surface area contributed by atoms with Crippen LogP contribution in [0.4, 0.5) is 4.39 Å². The maximum Gasteiger partial charge on any atom is 0.308 e. The fourth-order valence-electron chi connectivity index (χ4n) is 4.92. The number of rotatable bonds is 8. The Kier molecular flexibility index (Phi) is 8.86. The number of likely N-dealkylation sites (tertiary alicyclic amines) is 1. The molecule has 3 atom stereocenters. The Bertz CT molecular complexity index is 1320. The Balaban J connectivity index is 1.39. The number of methoxy groups -OCH3 is 2. The average molecular weight is 525 g/mol. The zero-order chi connectivity index (χ0) is 26.4. The van der Waals surface area contributed by atoms with Gasteiger partial charge in [-0.2, -0.15) is 0 Å². The van der Waals surface area contributed by atoms with Crippen LogP contribution in [-0.2, 0) is 4.79 Å². The summed E-state index contributed by atoms with van der Waals surface area (Å²) in [7, 11) is 3.15. The summed E-state index contributed by atoms with van der Waals surface area (Å²) in [5.41, 5.74) is 1.95. The van der Waals surface area contributed by atoms with E-state index in [-0.39, 0.29) is 12.3 Å². The summed E-state index contributed by atoms with van der Waals surface area (Å²) < 4.78 is 26.0. The highest BCUT2D eigenvalue weighted by atomic mass is 35.5. The lowest BCUT2D eigenvalue weighted by Gasteiger charge is -2.35. The van der Waals surface area contributed by atoms with Crippen LogP contribution in [0.1, 0.15) is 36.6 Å². The molecule has 1 N–H and O–H groups in total. The van der Waals surface area contributed by atoms with E-state index in [1.807, 2.05) is 11.0 Å². The maximum atomic E-state index is 15.4. The largest absolute Gasteiger partial charge is 0.497 e. The van der Waals surface area contributed by atoms with Crippen LogP contribution in [0.15, 0.2) is 48.7 Å². The SMILES string of the molecule is COc1ccc2nccc(C(F)CC[C@@H]3CCN(CC#Cc4cc(Cl)ccc4OC)C[C@@H]3C(=O)O)c2c1. The van der Waals surface area contributed by atoms with Gasteiger partial charge in [-0.1, -0.05) is 23.4 Å². The van der Waals surface area contributed by atoms with Crippen molar-refractivity contribution in [2.24, 2.45) is 11.8 Å². The molecule has 4 rings (SSSR count). The van der Waals surface area contributed by atoms with Crippen LogP contribution in [0, 0.1) is 23.7 Å². The smallest absolute Gasteiger partial charge is 0.308 e. The second kappa shape index (κ2) is 12.3. The summed E-state index contributed by atoms with van der Waals surface area (Å²) in [6.45, 7) is 1.53. The van der Waals surface area contributed by atoms with E-state index < -0.39 is 18.1 Å². The highest BCUT2D eigenvalue weighted by molar-refractivity contribution is 6.30. The number of halogens is 2. The number of aliphatic carboxylic acids is 1. The van der Waals surface area contributed by atoms with Crippen LogP contribution in [0.3, 0.4) is 0 Å². The van der Waals surface area contributed by atoms with Crippen LogP contribution in [-0.4, -0.2) is 54.8 Å². The number of fused-ring (bicyclic) bond motifs is 1. The van der Waals surface area contributed by atoms with Gasteiger partial charge in [-0.25, -0.2) is 4.39 Å². The second-order valence-corrected chi connectivity index (χ2v) is 9.64. The molecule has 1 aromatic heterocycles. The number of carboxylic acids is 1. The lowest BCUT2D eigenvalue weighted by atomic mass is 9.81. The zero-order valence-electron chi connectivity index (χ0n) is 20.9. The van der Waals surface area contributed by atoms with Crippen LogP contribution >= 0.6 is 11.6 Å². The third-order valence-corrected chi connectivity index (χ3v) is 7.19. The molecule has 1 unspecified atom stereocenters. The molecule has 2 heterocycles. The van der Waals surface area contributed by atoms with Gasteiger partial charge in [0.1, 0.15) is 17.7 Å². The van der Waals surface area contributed by atoms with E-state index in [0.29, 0.717) is 71.0 Å². The Morgan fingerprint density at radius 1 is 1.24 bits per heavy atom. The monoisotopic (exact) mass is 524 g/mol.